The number of amides is 2. The van der Waals surface area contributed by atoms with Crippen LogP contribution in [0.4, 0.5) is 13.2 Å². The molecule has 40 heavy (non-hydrogen) atoms. The Morgan fingerprint density at radius 3 is 2.33 bits per heavy atom. The predicted molar refractivity (Wildman–Crippen MR) is 145 cm³/mol. The van der Waals surface area contributed by atoms with E-state index in [1.54, 1.807) is 25.5 Å². The fourth-order valence-electron chi connectivity index (χ4n) is 4.03. The zero-order chi connectivity index (χ0) is 29.8. The molecule has 0 spiro atoms. The minimum atomic E-state index is -4.57. The minimum Gasteiger partial charge on any atom is -0.480 e. The maximum absolute atomic E-state index is 13.0. The molecule has 12 heteroatoms. The van der Waals surface area contributed by atoms with Crippen molar-refractivity contribution in [3.05, 3.63) is 70.6 Å². The van der Waals surface area contributed by atoms with Gasteiger partial charge in [0, 0.05) is 43.9 Å². The van der Waals surface area contributed by atoms with Crippen molar-refractivity contribution in [2.75, 3.05) is 7.05 Å². The van der Waals surface area contributed by atoms with Crippen molar-refractivity contribution in [1.29, 1.82) is 0 Å². The number of ether oxygens (including phenoxy) is 1. The van der Waals surface area contributed by atoms with E-state index in [0.717, 1.165) is 18.1 Å². The smallest absolute Gasteiger partial charge is 0.425 e. The lowest BCUT2D eigenvalue weighted by molar-refractivity contribution is -0.189. The Morgan fingerprint density at radius 1 is 1.15 bits per heavy atom. The van der Waals surface area contributed by atoms with E-state index in [9.17, 15) is 27.9 Å². The first-order chi connectivity index (χ1) is 18.6. The number of halogens is 4. The maximum Gasteiger partial charge on any atom is 0.425 e. The number of benzene rings is 2. The summed E-state index contributed by atoms with van der Waals surface area (Å²) in [5.74, 6) is -0.505. The highest BCUT2D eigenvalue weighted by Crippen LogP contribution is 2.31. The molecule has 1 aromatic heterocycles. The predicted octanol–water partition coefficient (Wildman–Crippen LogP) is 4.77. The molecule has 216 valence electrons. The standard InChI is InChI=1S/C28H32ClF3N4O4/c1-16(28(30,31)32)40-23-11-10-19(13-21(23)29)25(38)34-20(14-24(37)33-4)12-17-6-8-18(9-7-17)22-15-36(5)26(35-22)27(2,3)39/h6-11,13,15-16,20,39H,12,14H2,1-5H3,(H,33,37)(H,34,38)/t16-,20+/m1/s1. The third-order valence-corrected chi connectivity index (χ3v) is 6.46. The molecule has 0 aliphatic heterocycles. The van der Waals surface area contributed by atoms with Gasteiger partial charge in [-0.05, 0) is 51.0 Å². The molecule has 0 aliphatic rings. The van der Waals surface area contributed by atoms with Crippen molar-refractivity contribution in [2.24, 2.45) is 7.05 Å². The summed E-state index contributed by atoms with van der Waals surface area (Å²) < 4.78 is 45.1. The number of aliphatic hydroxyl groups is 1. The van der Waals surface area contributed by atoms with Gasteiger partial charge < -0.3 is 25.0 Å². The van der Waals surface area contributed by atoms with Crippen LogP contribution in [0, 0.1) is 0 Å². The largest absolute Gasteiger partial charge is 0.480 e. The lowest BCUT2D eigenvalue weighted by Crippen LogP contribution is -2.40. The van der Waals surface area contributed by atoms with Crippen LogP contribution in [0.3, 0.4) is 0 Å². The minimum absolute atomic E-state index is 0.00278. The number of alkyl halides is 3. The van der Waals surface area contributed by atoms with Gasteiger partial charge in [-0.25, -0.2) is 4.98 Å². The van der Waals surface area contributed by atoms with Crippen LogP contribution in [0.2, 0.25) is 5.02 Å². The average Bonchev–Trinajstić information content (AvgIpc) is 3.27. The number of aryl methyl sites for hydroxylation is 1. The van der Waals surface area contributed by atoms with E-state index >= 15 is 0 Å². The highest BCUT2D eigenvalue weighted by atomic mass is 35.5. The zero-order valence-electron chi connectivity index (χ0n) is 22.8. The number of hydrogen-bond acceptors (Lipinski definition) is 5. The zero-order valence-corrected chi connectivity index (χ0v) is 23.5. The van der Waals surface area contributed by atoms with Crippen molar-refractivity contribution in [3.8, 4) is 17.0 Å². The molecule has 0 saturated carbocycles. The van der Waals surface area contributed by atoms with Gasteiger partial charge in [0.25, 0.3) is 5.91 Å². The van der Waals surface area contributed by atoms with Crippen LogP contribution in [0.15, 0.2) is 48.7 Å². The van der Waals surface area contributed by atoms with E-state index in [-0.39, 0.29) is 28.7 Å². The first-order valence-electron chi connectivity index (χ1n) is 12.5. The van der Waals surface area contributed by atoms with E-state index in [1.807, 2.05) is 30.5 Å². The molecule has 0 saturated heterocycles. The molecular weight excluding hydrogens is 549 g/mol. The third-order valence-electron chi connectivity index (χ3n) is 6.16. The number of rotatable bonds is 10. The van der Waals surface area contributed by atoms with Gasteiger partial charge >= 0.3 is 6.18 Å². The summed E-state index contributed by atoms with van der Waals surface area (Å²) in [6.45, 7) is 4.18. The summed E-state index contributed by atoms with van der Waals surface area (Å²) in [4.78, 5) is 29.6. The SMILES string of the molecule is CNC(=O)C[C@H](Cc1ccc(-c2cn(C)c(C(C)(C)O)n2)cc1)NC(=O)c1ccc(O[C@H](C)C(F)(F)F)c(Cl)c1. The molecule has 2 aromatic carbocycles. The second kappa shape index (κ2) is 12.3. The van der Waals surface area contributed by atoms with Crippen LogP contribution in [0.25, 0.3) is 11.3 Å². The van der Waals surface area contributed by atoms with Crippen molar-refractivity contribution in [2.45, 2.75) is 57.5 Å². The quantitative estimate of drug-likeness (QED) is 0.320. The van der Waals surface area contributed by atoms with Crippen molar-refractivity contribution in [1.82, 2.24) is 20.2 Å². The van der Waals surface area contributed by atoms with Gasteiger partial charge in [0.05, 0.1) is 10.7 Å². The number of aromatic nitrogens is 2. The number of hydrogen-bond donors (Lipinski definition) is 3. The monoisotopic (exact) mass is 580 g/mol. The molecule has 2 atom stereocenters. The Balaban J connectivity index is 1.74. The van der Waals surface area contributed by atoms with Crippen LogP contribution < -0.4 is 15.4 Å². The Morgan fingerprint density at radius 2 is 1.80 bits per heavy atom. The first-order valence-corrected chi connectivity index (χ1v) is 12.9. The Bertz CT molecular complexity index is 1350. The molecule has 2 amide bonds. The average molecular weight is 581 g/mol. The molecule has 8 nitrogen and oxygen atoms in total. The summed E-state index contributed by atoms with van der Waals surface area (Å²) in [5, 5.41) is 15.5. The van der Waals surface area contributed by atoms with Crippen LogP contribution in [-0.4, -0.2) is 51.8 Å². The first kappa shape index (κ1) is 31.0. The van der Waals surface area contributed by atoms with E-state index in [1.165, 1.54) is 25.2 Å². The van der Waals surface area contributed by atoms with Gasteiger partial charge in [-0.2, -0.15) is 13.2 Å². The van der Waals surface area contributed by atoms with E-state index in [2.05, 4.69) is 15.6 Å². The normalized spacial score (nSPS) is 13.4. The van der Waals surface area contributed by atoms with Gasteiger partial charge in [0.1, 0.15) is 17.2 Å². The number of carbonyl (C=O) groups excluding carboxylic acids is 2. The Kier molecular flexibility index (Phi) is 9.52. The molecule has 1 heterocycles. The fourth-order valence-corrected chi connectivity index (χ4v) is 4.26. The van der Waals surface area contributed by atoms with Crippen molar-refractivity contribution in [3.63, 3.8) is 0 Å². The van der Waals surface area contributed by atoms with Crippen LogP contribution in [0.1, 0.15) is 48.9 Å². The molecule has 3 rings (SSSR count). The van der Waals surface area contributed by atoms with Crippen LogP contribution >= 0.6 is 11.6 Å². The lowest BCUT2D eigenvalue weighted by Gasteiger charge is -2.20. The van der Waals surface area contributed by atoms with Gasteiger partial charge in [-0.1, -0.05) is 35.9 Å². The molecule has 0 bridgehead atoms. The maximum atomic E-state index is 13.0. The number of nitrogens with zero attached hydrogens (tertiary/aromatic N) is 2. The topological polar surface area (TPSA) is 105 Å². The van der Waals surface area contributed by atoms with Gasteiger partial charge in [-0.3, -0.25) is 9.59 Å². The highest BCUT2D eigenvalue weighted by Gasteiger charge is 2.38. The fraction of sp³-hybridized carbons (Fsp3) is 0.393. The number of imidazole rings is 1. The number of carbonyl (C=O) groups is 2. The highest BCUT2D eigenvalue weighted by molar-refractivity contribution is 6.32. The van der Waals surface area contributed by atoms with Crippen molar-refractivity contribution >= 4 is 23.4 Å². The lowest BCUT2D eigenvalue weighted by atomic mass is 10.0. The van der Waals surface area contributed by atoms with Crippen molar-refractivity contribution < 1.29 is 32.6 Å². The van der Waals surface area contributed by atoms with Gasteiger partial charge in [0.15, 0.2) is 6.10 Å². The summed E-state index contributed by atoms with van der Waals surface area (Å²) in [6.07, 6.45) is -4.50. The van der Waals surface area contributed by atoms with E-state index in [0.29, 0.717) is 17.9 Å². The molecular formula is C28H32ClF3N4O4. The molecule has 0 fully saturated rings. The number of nitrogens with one attached hydrogen (secondary N) is 2. The third kappa shape index (κ3) is 7.98. The molecule has 0 radical (unpaired) electrons. The van der Waals surface area contributed by atoms with E-state index < -0.39 is 29.8 Å². The van der Waals surface area contributed by atoms with Crippen LogP contribution in [0.5, 0.6) is 5.75 Å². The summed E-state index contributed by atoms with van der Waals surface area (Å²) in [5.41, 5.74) is 1.37. The molecule has 3 aromatic rings. The molecule has 3 N–H and O–H groups in total. The second-order valence-corrected chi connectivity index (χ2v) is 10.4. The summed E-state index contributed by atoms with van der Waals surface area (Å²) in [6, 6.07) is 10.6. The second-order valence-electron chi connectivity index (χ2n) is 10.0. The van der Waals surface area contributed by atoms with Crippen LogP contribution in [-0.2, 0) is 23.9 Å². The molecule has 0 aliphatic carbocycles. The van der Waals surface area contributed by atoms with E-state index in [4.69, 9.17) is 16.3 Å². The summed E-state index contributed by atoms with van der Waals surface area (Å²) >= 11 is 6.09. The summed E-state index contributed by atoms with van der Waals surface area (Å²) in [7, 11) is 3.30. The Hall–Kier alpha value is -3.57. The Labute approximate surface area is 235 Å². The van der Waals surface area contributed by atoms with Gasteiger partial charge in [0.2, 0.25) is 5.91 Å². The van der Waals surface area contributed by atoms with Gasteiger partial charge in [-0.15, -0.1) is 0 Å². The molecule has 0 unspecified atom stereocenters.